The van der Waals surface area contributed by atoms with Gasteiger partial charge in [-0.25, -0.2) is 0 Å². The van der Waals surface area contributed by atoms with Crippen LogP contribution in [-0.2, 0) is 9.59 Å². The Bertz CT molecular complexity index is 235. The molecule has 1 aliphatic carbocycles. The van der Waals surface area contributed by atoms with E-state index in [0.717, 1.165) is 12.8 Å². The van der Waals surface area contributed by atoms with Crippen molar-refractivity contribution < 1.29 is 9.59 Å². The van der Waals surface area contributed by atoms with Crippen molar-refractivity contribution in [2.45, 2.75) is 58.0 Å². The van der Waals surface area contributed by atoms with Gasteiger partial charge in [-0.15, -0.1) is 0 Å². The van der Waals surface area contributed by atoms with E-state index in [1.807, 2.05) is 13.8 Å². The van der Waals surface area contributed by atoms with Gasteiger partial charge in [-0.1, -0.05) is 33.1 Å². The van der Waals surface area contributed by atoms with Crippen LogP contribution in [-0.4, -0.2) is 24.4 Å². The third-order valence-electron chi connectivity index (χ3n) is 3.15. The summed E-state index contributed by atoms with van der Waals surface area (Å²) in [7, 11) is 0. The lowest BCUT2D eigenvalue weighted by Crippen LogP contribution is -2.50. The summed E-state index contributed by atoms with van der Waals surface area (Å²) in [5, 5.41) is 5.60. The van der Waals surface area contributed by atoms with Crippen LogP contribution in [0, 0.1) is 5.92 Å². The molecule has 0 aromatic rings. The highest BCUT2D eigenvalue weighted by Crippen LogP contribution is 2.17. The van der Waals surface area contributed by atoms with Crippen molar-refractivity contribution in [3.8, 4) is 0 Å². The standard InChI is InChI=1S/C12H22N2O2/c1-9(2)11(13-8-15)12(16)14-10-6-4-3-5-7-10/h8-11H,3-7H2,1-2H3,(H,13,15)(H,14,16). The second-order valence-corrected chi connectivity index (χ2v) is 4.85. The predicted molar refractivity (Wildman–Crippen MR) is 62.8 cm³/mol. The van der Waals surface area contributed by atoms with Gasteiger partial charge >= 0.3 is 0 Å². The van der Waals surface area contributed by atoms with Crippen LogP contribution >= 0.6 is 0 Å². The number of amides is 2. The molecular formula is C12H22N2O2. The molecule has 0 saturated heterocycles. The third-order valence-corrected chi connectivity index (χ3v) is 3.15. The van der Waals surface area contributed by atoms with Gasteiger partial charge in [-0.05, 0) is 18.8 Å². The summed E-state index contributed by atoms with van der Waals surface area (Å²) in [4.78, 5) is 22.3. The molecular weight excluding hydrogens is 204 g/mol. The molecule has 16 heavy (non-hydrogen) atoms. The molecule has 0 spiro atoms. The van der Waals surface area contributed by atoms with Gasteiger partial charge in [0.15, 0.2) is 0 Å². The molecule has 1 unspecified atom stereocenters. The average Bonchev–Trinajstić information content (AvgIpc) is 2.26. The first-order valence-corrected chi connectivity index (χ1v) is 6.15. The average molecular weight is 226 g/mol. The maximum atomic E-state index is 11.9. The van der Waals surface area contributed by atoms with Crippen LogP contribution in [0.15, 0.2) is 0 Å². The number of carbonyl (C=O) groups excluding carboxylic acids is 2. The van der Waals surface area contributed by atoms with Crippen LogP contribution in [0.3, 0.4) is 0 Å². The van der Waals surface area contributed by atoms with Gasteiger partial charge < -0.3 is 10.6 Å². The van der Waals surface area contributed by atoms with Crippen LogP contribution in [0.25, 0.3) is 0 Å². The zero-order valence-corrected chi connectivity index (χ0v) is 10.2. The maximum Gasteiger partial charge on any atom is 0.243 e. The summed E-state index contributed by atoms with van der Waals surface area (Å²) >= 11 is 0. The van der Waals surface area contributed by atoms with E-state index in [1.54, 1.807) is 0 Å². The van der Waals surface area contributed by atoms with E-state index in [0.29, 0.717) is 12.5 Å². The van der Waals surface area contributed by atoms with Gasteiger partial charge in [-0.3, -0.25) is 9.59 Å². The molecule has 1 rings (SSSR count). The van der Waals surface area contributed by atoms with E-state index < -0.39 is 6.04 Å². The summed E-state index contributed by atoms with van der Waals surface area (Å²) < 4.78 is 0. The lowest BCUT2D eigenvalue weighted by atomic mass is 9.94. The van der Waals surface area contributed by atoms with E-state index >= 15 is 0 Å². The Morgan fingerprint density at radius 3 is 2.38 bits per heavy atom. The SMILES string of the molecule is CC(C)C(NC=O)C(=O)NC1CCCCC1. The zero-order chi connectivity index (χ0) is 12.0. The summed E-state index contributed by atoms with van der Waals surface area (Å²) in [6.45, 7) is 3.86. The second kappa shape index (κ2) is 6.51. The van der Waals surface area contributed by atoms with E-state index in [-0.39, 0.29) is 11.8 Å². The first-order valence-electron chi connectivity index (χ1n) is 6.15. The third kappa shape index (κ3) is 3.83. The number of hydrogen-bond acceptors (Lipinski definition) is 2. The van der Waals surface area contributed by atoms with E-state index in [1.165, 1.54) is 19.3 Å². The molecule has 0 heterocycles. The first-order chi connectivity index (χ1) is 7.65. The quantitative estimate of drug-likeness (QED) is 0.692. The lowest BCUT2D eigenvalue weighted by molar-refractivity contribution is -0.127. The van der Waals surface area contributed by atoms with E-state index in [9.17, 15) is 9.59 Å². The van der Waals surface area contributed by atoms with Gasteiger partial charge in [0.05, 0.1) is 0 Å². The molecule has 1 atom stereocenters. The van der Waals surface area contributed by atoms with Gasteiger partial charge in [0.2, 0.25) is 12.3 Å². The Kier molecular flexibility index (Phi) is 5.29. The predicted octanol–water partition coefficient (Wildman–Crippen LogP) is 1.21. The molecule has 2 N–H and O–H groups in total. The molecule has 0 aliphatic heterocycles. The number of hydrogen-bond donors (Lipinski definition) is 2. The van der Waals surface area contributed by atoms with E-state index in [2.05, 4.69) is 10.6 Å². The maximum absolute atomic E-state index is 11.9. The fourth-order valence-electron chi connectivity index (χ4n) is 2.18. The topological polar surface area (TPSA) is 58.2 Å². The first kappa shape index (κ1) is 13.0. The Hall–Kier alpha value is -1.06. The molecule has 4 heteroatoms. The Balaban J connectivity index is 2.43. The molecule has 4 nitrogen and oxygen atoms in total. The molecule has 2 amide bonds. The number of rotatable bonds is 5. The van der Waals surface area contributed by atoms with Gasteiger partial charge in [0.1, 0.15) is 6.04 Å². The Morgan fingerprint density at radius 1 is 1.25 bits per heavy atom. The largest absolute Gasteiger partial charge is 0.352 e. The highest BCUT2D eigenvalue weighted by Gasteiger charge is 2.24. The van der Waals surface area contributed by atoms with Crippen molar-refractivity contribution in [3.05, 3.63) is 0 Å². The van der Waals surface area contributed by atoms with Crippen LogP contribution in [0.4, 0.5) is 0 Å². The van der Waals surface area contributed by atoms with Crippen molar-refractivity contribution in [1.82, 2.24) is 10.6 Å². The van der Waals surface area contributed by atoms with Crippen LogP contribution < -0.4 is 10.6 Å². The van der Waals surface area contributed by atoms with Crippen molar-refractivity contribution in [3.63, 3.8) is 0 Å². The minimum absolute atomic E-state index is 0.0472. The smallest absolute Gasteiger partial charge is 0.243 e. The van der Waals surface area contributed by atoms with E-state index in [4.69, 9.17) is 0 Å². The van der Waals surface area contributed by atoms with Crippen molar-refractivity contribution >= 4 is 12.3 Å². The summed E-state index contributed by atoms with van der Waals surface area (Å²) in [6.07, 6.45) is 6.39. The monoisotopic (exact) mass is 226 g/mol. The van der Waals surface area contributed by atoms with Crippen LogP contribution in [0.1, 0.15) is 46.0 Å². The normalized spacial score (nSPS) is 19.2. The summed E-state index contributed by atoms with van der Waals surface area (Å²) in [6, 6.07) is -0.102. The summed E-state index contributed by atoms with van der Waals surface area (Å²) in [5.74, 6) is 0.0720. The van der Waals surface area contributed by atoms with Gasteiger partial charge in [0.25, 0.3) is 0 Å². The molecule has 0 aromatic heterocycles. The minimum atomic E-state index is -0.403. The van der Waals surface area contributed by atoms with Crippen molar-refractivity contribution in [1.29, 1.82) is 0 Å². The lowest BCUT2D eigenvalue weighted by Gasteiger charge is -2.26. The Morgan fingerprint density at radius 2 is 1.88 bits per heavy atom. The molecule has 92 valence electrons. The van der Waals surface area contributed by atoms with Gasteiger partial charge in [-0.2, -0.15) is 0 Å². The van der Waals surface area contributed by atoms with Crippen LogP contribution in [0.2, 0.25) is 0 Å². The molecule has 0 radical (unpaired) electrons. The molecule has 0 aromatic carbocycles. The van der Waals surface area contributed by atoms with Crippen molar-refractivity contribution in [2.75, 3.05) is 0 Å². The molecule has 1 fully saturated rings. The number of nitrogens with one attached hydrogen (secondary N) is 2. The molecule has 1 aliphatic rings. The van der Waals surface area contributed by atoms with Gasteiger partial charge in [0, 0.05) is 6.04 Å². The minimum Gasteiger partial charge on any atom is -0.352 e. The fourth-order valence-corrected chi connectivity index (χ4v) is 2.18. The number of carbonyl (C=O) groups is 2. The zero-order valence-electron chi connectivity index (χ0n) is 10.2. The molecule has 0 bridgehead atoms. The Labute approximate surface area is 97.2 Å². The summed E-state index contributed by atoms with van der Waals surface area (Å²) in [5.41, 5.74) is 0. The fraction of sp³-hybridized carbons (Fsp3) is 0.833. The highest BCUT2D eigenvalue weighted by atomic mass is 16.2. The second-order valence-electron chi connectivity index (χ2n) is 4.85. The van der Waals surface area contributed by atoms with Crippen LogP contribution in [0.5, 0.6) is 0 Å². The highest BCUT2D eigenvalue weighted by molar-refractivity contribution is 5.84. The molecule has 1 saturated carbocycles. The van der Waals surface area contributed by atoms with Crippen molar-refractivity contribution in [2.24, 2.45) is 5.92 Å².